The van der Waals surface area contributed by atoms with Crippen molar-refractivity contribution in [3.63, 3.8) is 0 Å². The fourth-order valence-electron chi connectivity index (χ4n) is 2.72. The molecule has 1 amide bonds. The topological polar surface area (TPSA) is 45.5 Å². The summed E-state index contributed by atoms with van der Waals surface area (Å²) in [7, 11) is 0. The molecule has 0 aliphatic carbocycles. The number of halogens is 1. The highest BCUT2D eigenvalue weighted by Crippen LogP contribution is 2.24. The quantitative estimate of drug-likeness (QED) is 0.873. The number of amides is 1. The van der Waals surface area contributed by atoms with E-state index in [9.17, 15) is 4.79 Å². The van der Waals surface area contributed by atoms with Gasteiger partial charge in [-0.1, -0.05) is 0 Å². The van der Waals surface area contributed by atoms with E-state index in [0.29, 0.717) is 11.3 Å². The Hall–Kier alpha value is -1.00. The summed E-state index contributed by atoms with van der Waals surface area (Å²) in [5.41, 5.74) is 0. The average molecular weight is 255 g/mol. The lowest BCUT2D eigenvalue weighted by Gasteiger charge is -2.22. The van der Waals surface area contributed by atoms with Gasteiger partial charge in [0.15, 0.2) is 5.22 Å². The molecule has 2 atom stereocenters. The number of piperidine rings is 1. The molecule has 92 valence electrons. The Balaban J connectivity index is 1.70. The largest absolute Gasteiger partial charge is 0.448 e. The van der Waals surface area contributed by atoms with Gasteiger partial charge in [0.05, 0.1) is 12.5 Å². The van der Waals surface area contributed by atoms with E-state index < -0.39 is 0 Å². The summed E-state index contributed by atoms with van der Waals surface area (Å²) in [6.45, 7) is 2.45. The van der Waals surface area contributed by atoms with E-state index in [1.165, 1.54) is 0 Å². The Morgan fingerprint density at radius 1 is 1.41 bits per heavy atom. The third-order valence-electron chi connectivity index (χ3n) is 3.55. The lowest BCUT2D eigenvalue weighted by atomic mass is 9.96. The second-order valence-electron chi connectivity index (χ2n) is 4.88. The van der Waals surface area contributed by atoms with Crippen molar-refractivity contribution in [3.8, 4) is 0 Å². The number of fused-ring (bicyclic) bond motifs is 4. The first-order chi connectivity index (χ1) is 8.20. The second-order valence-corrected chi connectivity index (χ2v) is 5.25. The van der Waals surface area contributed by atoms with Crippen LogP contribution in [-0.4, -0.2) is 29.9 Å². The summed E-state index contributed by atoms with van der Waals surface area (Å²) >= 11 is 5.75. The minimum Gasteiger partial charge on any atom is -0.448 e. The summed E-state index contributed by atoms with van der Waals surface area (Å²) < 4.78 is 5.36. The number of hydrogen-bond donors (Lipinski definition) is 1. The van der Waals surface area contributed by atoms with Crippen LogP contribution in [0.2, 0.25) is 5.22 Å². The Kier molecular flexibility index (Phi) is 2.84. The summed E-state index contributed by atoms with van der Waals surface area (Å²) in [5, 5.41) is 3.49. The van der Waals surface area contributed by atoms with Gasteiger partial charge in [0, 0.05) is 19.1 Å². The minimum atomic E-state index is 0.138. The lowest BCUT2D eigenvalue weighted by Crippen LogP contribution is -2.43. The SMILES string of the molecule is O=C1N[C@H]2CC[C@@H]1CN(Cc1ccc(Cl)o1)C2. The van der Waals surface area contributed by atoms with Gasteiger partial charge in [-0.15, -0.1) is 0 Å². The maximum Gasteiger partial charge on any atom is 0.224 e. The third-order valence-corrected chi connectivity index (χ3v) is 3.75. The molecule has 0 unspecified atom stereocenters. The van der Waals surface area contributed by atoms with Crippen molar-refractivity contribution >= 4 is 17.5 Å². The van der Waals surface area contributed by atoms with Crippen LogP contribution in [0, 0.1) is 5.92 Å². The number of hydrogen-bond acceptors (Lipinski definition) is 3. The van der Waals surface area contributed by atoms with E-state index in [1.54, 1.807) is 6.07 Å². The maximum absolute atomic E-state index is 11.7. The second kappa shape index (κ2) is 4.35. The molecule has 0 aromatic carbocycles. The van der Waals surface area contributed by atoms with E-state index in [-0.39, 0.29) is 11.8 Å². The number of carbonyl (C=O) groups is 1. The fourth-order valence-corrected chi connectivity index (χ4v) is 2.88. The molecule has 4 nitrogen and oxygen atoms in total. The predicted octanol–water partition coefficient (Wildman–Crippen LogP) is 1.64. The van der Waals surface area contributed by atoms with Crippen molar-refractivity contribution in [2.45, 2.75) is 25.4 Å². The van der Waals surface area contributed by atoms with Gasteiger partial charge in [0.25, 0.3) is 0 Å². The standard InChI is InChI=1S/C12H15ClN2O2/c13-11-4-3-10(17-11)7-15-5-8-1-2-9(6-15)14-12(8)16/h3-4,8-9H,1-2,5-7H2,(H,14,16)/t8-,9+/m1/s1. The van der Waals surface area contributed by atoms with Crippen LogP contribution in [0.1, 0.15) is 18.6 Å². The molecular weight excluding hydrogens is 240 g/mol. The normalized spacial score (nSPS) is 29.1. The highest BCUT2D eigenvalue weighted by Gasteiger charge is 2.34. The highest BCUT2D eigenvalue weighted by atomic mass is 35.5. The van der Waals surface area contributed by atoms with E-state index in [2.05, 4.69) is 10.2 Å². The van der Waals surface area contributed by atoms with Gasteiger partial charge < -0.3 is 9.73 Å². The highest BCUT2D eigenvalue weighted by molar-refractivity contribution is 6.28. The van der Waals surface area contributed by atoms with Gasteiger partial charge in [-0.25, -0.2) is 0 Å². The number of carbonyl (C=O) groups excluding carboxylic acids is 1. The van der Waals surface area contributed by atoms with Crippen molar-refractivity contribution in [3.05, 3.63) is 23.1 Å². The first-order valence-corrected chi connectivity index (χ1v) is 6.35. The van der Waals surface area contributed by atoms with Gasteiger partial charge >= 0.3 is 0 Å². The van der Waals surface area contributed by atoms with Crippen LogP contribution < -0.4 is 5.32 Å². The summed E-state index contributed by atoms with van der Waals surface area (Å²) in [6, 6.07) is 3.95. The van der Waals surface area contributed by atoms with Crippen LogP contribution in [0.25, 0.3) is 0 Å². The van der Waals surface area contributed by atoms with E-state index in [4.69, 9.17) is 16.0 Å². The molecule has 2 bridgehead atoms. The van der Waals surface area contributed by atoms with Crippen molar-refractivity contribution < 1.29 is 9.21 Å². The number of nitrogens with zero attached hydrogens (tertiary/aromatic N) is 1. The molecule has 3 aliphatic rings. The molecule has 1 N–H and O–H groups in total. The molecule has 3 saturated heterocycles. The van der Waals surface area contributed by atoms with Crippen LogP contribution >= 0.6 is 11.6 Å². The molecule has 3 aliphatic heterocycles. The van der Waals surface area contributed by atoms with Crippen molar-refractivity contribution in [2.75, 3.05) is 13.1 Å². The molecule has 5 heteroatoms. The van der Waals surface area contributed by atoms with Crippen LogP contribution in [-0.2, 0) is 11.3 Å². The van der Waals surface area contributed by atoms with E-state index in [0.717, 1.165) is 38.2 Å². The van der Waals surface area contributed by atoms with E-state index >= 15 is 0 Å². The van der Waals surface area contributed by atoms with Crippen molar-refractivity contribution in [2.24, 2.45) is 5.92 Å². The van der Waals surface area contributed by atoms with Crippen molar-refractivity contribution in [1.82, 2.24) is 10.2 Å². The van der Waals surface area contributed by atoms with Gasteiger partial charge in [0.2, 0.25) is 5.91 Å². The average Bonchev–Trinajstić information content (AvgIpc) is 2.52. The Bertz CT molecular complexity index is 432. The third kappa shape index (κ3) is 2.33. The fraction of sp³-hybridized carbons (Fsp3) is 0.583. The first kappa shape index (κ1) is 11.1. The monoisotopic (exact) mass is 254 g/mol. The molecule has 3 fully saturated rings. The van der Waals surface area contributed by atoms with Crippen LogP contribution in [0.3, 0.4) is 0 Å². The zero-order chi connectivity index (χ0) is 11.8. The van der Waals surface area contributed by atoms with Crippen molar-refractivity contribution in [1.29, 1.82) is 0 Å². The number of rotatable bonds is 2. The summed E-state index contributed by atoms with van der Waals surface area (Å²) in [4.78, 5) is 14.0. The van der Waals surface area contributed by atoms with Crippen LogP contribution in [0.15, 0.2) is 16.5 Å². The molecule has 17 heavy (non-hydrogen) atoms. The molecule has 1 aromatic rings. The van der Waals surface area contributed by atoms with Crippen LogP contribution in [0.4, 0.5) is 0 Å². The molecule has 0 radical (unpaired) electrons. The van der Waals surface area contributed by atoms with Gasteiger partial charge in [-0.2, -0.15) is 0 Å². The maximum atomic E-state index is 11.7. The molecule has 1 aromatic heterocycles. The molecule has 4 rings (SSSR count). The molecule has 4 heterocycles. The number of furan rings is 1. The smallest absolute Gasteiger partial charge is 0.224 e. The number of nitrogens with one attached hydrogen (secondary N) is 1. The summed E-state index contributed by atoms with van der Waals surface area (Å²) in [5.74, 6) is 1.21. The van der Waals surface area contributed by atoms with E-state index in [1.807, 2.05) is 6.07 Å². The first-order valence-electron chi connectivity index (χ1n) is 5.97. The zero-order valence-electron chi connectivity index (χ0n) is 9.49. The molecule has 0 saturated carbocycles. The van der Waals surface area contributed by atoms with Gasteiger partial charge in [-0.3, -0.25) is 9.69 Å². The predicted molar refractivity (Wildman–Crippen MR) is 63.6 cm³/mol. The van der Waals surface area contributed by atoms with Gasteiger partial charge in [0.1, 0.15) is 5.76 Å². The minimum absolute atomic E-state index is 0.138. The van der Waals surface area contributed by atoms with Crippen LogP contribution in [0.5, 0.6) is 0 Å². The Morgan fingerprint density at radius 2 is 2.29 bits per heavy atom. The Morgan fingerprint density at radius 3 is 3.00 bits per heavy atom. The zero-order valence-corrected chi connectivity index (χ0v) is 10.2. The summed E-state index contributed by atoms with van der Waals surface area (Å²) in [6.07, 6.45) is 2.09. The lowest BCUT2D eigenvalue weighted by molar-refractivity contribution is -0.126. The van der Waals surface area contributed by atoms with Gasteiger partial charge in [-0.05, 0) is 36.6 Å². The Labute approximate surface area is 105 Å². The molecule has 0 spiro atoms. The molecular formula is C12H15ClN2O2.